The third kappa shape index (κ3) is 3.79. The molecule has 0 radical (unpaired) electrons. The van der Waals surface area contributed by atoms with E-state index in [1.54, 1.807) is 0 Å². The van der Waals surface area contributed by atoms with Crippen molar-refractivity contribution in [2.45, 2.75) is 20.3 Å². The molecule has 2 heteroatoms. The predicted molar refractivity (Wildman–Crippen MR) is 60.2 cm³/mol. The zero-order chi connectivity index (χ0) is 10.4. The summed E-state index contributed by atoms with van der Waals surface area (Å²) in [5, 5.41) is 0. The van der Waals surface area contributed by atoms with Gasteiger partial charge in [0.15, 0.2) is 0 Å². The summed E-state index contributed by atoms with van der Waals surface area (Å²) in [4.78, 5) is 0. The maximum absolute atomic E-state index is 5.81. The summed E-state index contributed by atoms with van der Waals surface area (Å²) in [6.45, 7) is 5.88. The van der Waals surface area contributed by atoms with E-state index in [1.807, 2.05) is 24.3 Å². The lowest BCUT2D eigenvalue weighted by molar-refractivity contribution is 0.113. The Balaban J connectivity index is 2.28. The first-order chi connectivity index (χ1) is 6.70. The fourth-order valence-electron chi connectivity index (χ4n) is 1.26. The fraction of sp³-hybridized carbons (Fsp3) is 0.500. The second-order valence-corrected chi connectivity index (χ2v) is 3.92. The monoisotopic (exact) mass is 193 g/mol. The van der Waals surface area contributed by atoms with E-state index in [9.17, 15) is 0 Å². The Labute approximate surface area is 86.1 Å². The molecule has 0 bridgehead atoms. The Morgan fingerprint density at radius 2 is 2.00 bits per heavy atom. The lowest BCUT2D eigenvalue weighted by atomic mass is 10.1. The largest absolute Gasteiger partial charge is 0.399 e. The van der Waals surface area contributed by atoms with Gasteiger partial charge < -0.3 is 10.5 Å². The molecule has 0 aliphatic heterocycles. The highest BCUT2D eigenvalue weighted by Gasteiger charge is 1.98. The molecule has 0 unspecified atom stereocenters. The van der Waals surface area contributed by atoms with Crippen LogP contribution in [0.25, 0.3) is 0 Å². The number of hydrogen-bond acceptors (Lipinski definition) is 2. The van der Waals surface area contributed by atoms with E-state index < -0.39 is 0 Å². The van der Waals surface area contributed by atoms with Gasteiger partial charge in [-0.2, -0.15) is 0 Å². The van der Waals surface area contributed by atoms with Gasteiger partial charge in [-0.25, -0.2) is 0 Å². The molecule has 0 saturated carbocycles. The van der Waals surface area contributed by atoms with Crippen LogP contribution >= 0.6 is 0 Å². The molecule has 0 aliphatic rings. The van der Waals surface area contributed by atoms with E-state index >= 15 is 0 Å². The Kier molecular flexibility index (Phi) is 4.47. The summed E-state index contributed by atoms with van der Waals surface area (Å²) in [5.41, 5.74) is 7.85. The molecule has 0 aromatic heterocycles. The topological polar surface area (TPSA) is 35.2 Å². The average molecular weight is 193 g/mol. The number of rotatable bonds is 5. The molecule has 1 aromatic rings. The maximum Gasteiger partial charge on any atom is 0.0507 e. The predicted octanol–water partition coefficient (Wildman–Crippen LogP) is 2.48. The van der Waals surface area contributed by atoms with Crippen molar-refractivity contribution in [2.24, 2.45) is 5.92 Å². The van der Waals surface area contributed by atoms with Gasteiger partial charge >= 0.3 is 0 Å². The lowest BCUT2D eigenvalue weighted by Gasteiger charge is -2.08. The van der Waals surface area contributed by atoms with E-state index in [4.69, 9.17) is 10.5 Å². The normalized spacial score (nSPS) is 10.8. The molecule has 0 heterocycles. The second-order valence-electron chi connectivity index (χ2n) is 3.92. The standard InChI is InChI=1S/C12H19NO/c1-10(2)9-14-8-7-11-5-3-4-6-12(11)13/h3-6,10H,7-9,13H2,1-2H3. The Bertz CT molecular complexity index is 271. The lowest BCUT2D eigenvalue weighted by Crippen LogP contribution is -2.06. The zero-order valence-corrected chi connectivity index (χ0v) is 8.99. The highest BCUT2D eigenvalue weighted by atomic mass is 16.5. The fourth-order valence-corrected chi connectivity index (χ4v) is 1.26. The molecular formula is C12H19NO. The Morgan fingerprint density at radius 1 is 1.29 bits per heavy atom. The van der Waals surface area contributed by atoms with Crippen molar-refractivity contribution in [3.8, 4) is 0 Å². The van der Waals surface area contributed by atoms with Gasteiger partial charge in [0, 0.05) is 12.3 Å². The van der Waals surface area contributed by atoms with E-state index in [-0.39, 0.29) is 0 Å². The highest BCUT2D eigenvalue weighted by Crippen LogP contribution is 2.11. The summed E-state index contributed by atoms with van der Waals surface area (Å²) in [6, 6.07) is 7.94. The van der Waals surface area contributed by atoms with Crippen LogP contribution in [0.3, 0.4) is 0 Å². The molecular weight excluding hydrogens is 174 g/mol. The Hall–Kier alpha value is -1.02. The van der Waals surface area contributed by atoms with Gasteiger partial charge in [-0.3, -0.25) is 0 Å². The molecule has 2 N–H and O–H groups in total. The van der Waals surface area contributed by atoms with Crippen LogP contribution in [0.2, 0.25) is 0 Å². The average Bonchev–Trinajstić information content (AvgIpc) is 2.15. The van der Waals surface area contributed by atoms with Gasteiger partial charge in [0.25, 0.3) is 0 Å². The van der Waals surface area contributed by atoms with Crippen molar-refractivity contribution in [3.05, 3.63) is 29.8 Å². The number of nitrogen functional groups attached to an aromatic ring is 1. The van der Waals surface area contributed by atoms with Crippen LogP contribution in [-0.2, 0) is 11.2 Å². The van der Waals surface area contributed by atoms with E-state index in [1.165, 1.54) is 5.56 Å². The summed E-state index contributed by atoms with van der Waals surface area (Å²) in [6.07, 6.45) is 0.902. The molecule has 2 nitrogen and oxygen atoms in total. The van der Waals surface area contributed by atoms with Crippen LogP contribution in [0.15, 0.2) is 24.3 Å². The number of ether oxygens (including phenoxy) is 1. The quantitative estimate of drug-likeness (QED) is 0.576. The molecule has 1 aromatic carbocycles. The van der Waals surface area contributed by atoms with Crippen LogP contribution in [0.1, 0.15) is 19.4 Å². The third-order valence-corrected chi connectivity index (χ3v) is 2.02. The molecule has 0 spiro atoms. The van der Waals surface area contributed by atoms with Crippen LogP contribution in [0.4, 0.5) is 5.69 Å². The molecule has 14 heavy (non-hydrogen) atoms. The van der Waals surface area contributed by atoms with Crippen molar-refractivity contribution >= 4 is 5.69 Å². The van der Waals surface area contributed by atoms with Gasteiger partial charge in [0.1, 0.15) is 0 Å². The van der Waals surface area contributed by atoms with Crippen LogP contribution in [0, 0.1) is 5.92 Å². The maximum atomic E-state index is 5.81. The molecule has 0 saturated heterocycles. The SMILES string of the molecule is CC(C)COCCc1ccccc1N. The first-order valence-electron chi connectivity index (χ1n) is 5.11. The van der Waals surface area contributed by atoms with Crippen LogP contribution in [-0.4, -0.2) is 13.2 Å². The summed E-state index contributed by atoms with van der Waals surface area (Å²) < 4.78 is 5.50. The number of nitrogens with two attached hydrogens (primary N) is 1. The molecule has 0 aliphatic carbocycles. The van der Waals surface area contributed by atoms with Gasteiger partial charge in [-0.15, -0.1) is 0 Å². The van der Waals surface area contributed by atoms with E-state index in [0.29, 0.717) is 5.92 Å². The molecule has 0 atom stereocenters. The van der Waals surface area contributed by atoms with Crippen molar-refractivity contribution in [1.29, 1.82) is 0 Å². The van der Waals surface area contributed by atoms with Crippen LogP contribution < -0.4 is 5.73 Å². The molecule has 1 rings (SSSR count). The van der Waals surface area contributed by atoms with Gasteiger partial charge in [0.05, 0.1) is 6.61 Å². The molecule has 78 valence electrons. The van der Waals surface area contributed by atoms with Crippen molar-refractivity contribution in [3.63, 3.8) is 0 Å². The minimum atomic E-state index is 0.600. The summed E-state index contributed by atoms with van der Waals surface area (Å²) in [7, 11) is 0. The number of anilines is 1. The summed E-state index contributed by atoms with van der Waals surface area (Å²) >= 11 is 0. The zero-order valence-electron chi connectivity index (χ0n) is 8.99. The van der Waals surface area contributed by atoms with Crippen molar-refractivity contribution in [2.75, 3.05) is 18.9 Å². The first-order valence-corrected chi connectivity index (χ1v) is 5.11. The third-order valence-electron chi connectivity index (χ3n) is 2.02. The second kappa shape index (κ2) is 5.66. The van der Waals surface area contributed by atoms with Gasteiger partial charge in [-0.05, 0) is 24.0 Å². The Morgan fingerprint density at radius 3 is 2.64 bits per heavy atom. The van der Waals surface area contributed by atoms with Crippen LogP contribution in [0.5, 0.6) is 0 Å². The molecule has 0 fully saturated rings. The number of para-hydroxylation sites is 1. The highest BCUT2D eigenvalue weighted by molar-refractivity contribution is 5.46. The number of benzene rings is 1. The number of hydrogen-bond donors (Lipinski definition) is 1. The van der Waals surface area contributed by atoms with E-state index in [0.717, 1.165) is 25.3 Å². The van der Waals surface area contributed by atoms with Gasteiger partial charge in [0.2, 0.25) is 0 Å². The minimum Gasteiger partial charge on any atom is -0.399 e. The summed E-state index contributed by atoms with van der Waals surface area (Å²) in [5.74, 6) is 0.600. The van der Waals surface area contributed by atoms with E-state index in [2.05, 4.69) is 13.8 Å². The smallest absolute Gasteiger partial charge is 0.0507 e. The van der Waals surface area contributed by atoms with Crippen molar-refractivity contribution in [1.82, 2.24) is 0 Å². The van der Waals surface area contributed by atoms with Crippen molar-refractivity contribution < 1.29 is 4.74 Å². The molecule has 0 amide bonds. The first kappa shape index (κ1) is 11.1. The van der Waals surface area contributed by atoms with Gasteiger partial charge in [-0.1, -0.05) is 32.0 Å². The minimum absolute atomic E-state index is 0.600.